The average molecular weight is 594 g/mol. The first-order chi connectivity index (χ1) is 18.9. The zero-order chi connectivity index (χ0) is 30.0. The standard InChI is InChI=1S/C30H45N2O6S2/c1-23(2)30(22-31,25-11-13-27(36-5)29(21-25)38-7)15-9-16-32(3,18-19-39-40(8,33)34)17-14-24-10-12-26(35-4)28(20-24)37-6/h10-13,20-21,23H,9,14-19H2,1-8H3/q+1/t30-,32?/m0/s1. The topological polar surface area (TPSA) is 94.9 Å². The van der Waals surface area contributed by atoms with Gasteiger partial charge in [0, 0.05) is 12.7 Å². The first-order valence-electron chi connectivity index (χ1n) is 13.4. The summed E-state index contributed by atoms with van der Waals surface area (Å²) in [6, 6.07) is 14.3. The van der Waals surface area contributed by atoms with E-state index in [1.165, 1.54) is 6.26 Å². The maximum atomic E-state index is 11.8. The highest BCUT2D eigenvalue weighted by molar-refractivity contribution is 8.71. The van der Waals surface area contributed by atoms with Crippen LogP contribution in [0.3, 0.4) is 0 Å². The van der Waals surface area contributed by atoms with Crippen LogP contribution in [0.5, 0.6) is 23.0 Å². The first-order valence-corrected chi connectivity index (χ1v) is 16.8. The molecule has 1 unspecified atom stereocenters. The van der Waals surface area contributed by atoms with Crippen LogP contribution in [0.1, 0.15) is 37.8 Å². The van der Waals surface area contributed by atoms with Gasteiger partial charge in [0.05, 0.1) is 72.4 Å². The number of hydrogen-bond acceptors (Lipinski definition) is 8. The van der Waals surface area contributed by atoms with E-state index < -0.39 is 14.3 Å². The zero-order valence-electron chi connectivity index (χ0n) is 25.2. The van der Waals surface area contributed by atoms with Crippen LogP contribution in [0.15, 0.2) is 36.4 Å². The van der Waals surface area contributed by atoms with E-state index in [0.29, 0.717) is 46.2 Å². The van der Waals surface area contributed by atoms with Gasteiger partial charge in [0.1, 0.15) is 0 Å². The molecule has 0 aromatic heterocycles. The maximum Gasteiger partial charge on any atom is 0.198 e. The lowest BCUT2D eigenvalue weighted by atomic mass is 9.69. The first kappa shape index (κ1) is 33.6. The minimum Gasteiger partial charge on any atom is -0.493 e. The maximum absolute atomic E-state index is 11.8. The van der Waals surface area contributed by atoms with Crippen molar-refractivity contribution in [2.75, 3.05) is 67.1 Å². The molecule has 40 heavy (non-hydrogen) atoms. The molecule has 0 aliphatic carbocycles. The molecule has 8 nitrogen and oxygen atoms in total. The molecule has 2 aromatic carbocycles. The van der Waals surface area contributed by atoms with Gasteiger partial charge in [-0.1, -0.05) is 26.0 Å². The van der Waals surface area contributed by atoms with Crippen molar-refractivity contribution < 1.29 is 31.8 Å². The van der Waals surface area contributed by atoms with E-state index in [1.54, 1.807) is 28.4 Å². The molecular weight excluding hydrogens is 548 g/mol. The molecule has 2 atom stereocenters. The number of rotatable bonds is 17. The normalized spacial score (nSPS) is 14.6. The van der Waals surface area contributed by atoms with Gasteiger partial charge in [0.2, 0.25) is 0 Å². The Hall–Kier alpha value is -2.61. The van der Waals surface area contributed by atoms with Gasteiger partial charge in [-0.15, -0.1) is 0 Å². The third-order valence-corrected chi connectivity index (χ3v) is 10.2. The molecule has 0 bridgehead atoms. The van der Waals surface area contributed by atoms with E-state index in [9.17, 15) is 13.7 Å². The van der Waals surface area contributed by atoms with Gasteiger partial charge < -0.3 is 23.4 Å². The molecule has 0 saturated heterocycles. The summed E-state index contributed by atoms with van der Waals surface area (Å²) in [5.74, 6) is 3.18. The molecule has 0 heterocycles. The molecule has 2 rings (SSSR count). The van der Waals surface area contributed by atoms with Gasteiger partial charge in [-0.25, -0.2) is 8.42 Å². The van der Waals surface area contributed by atoms with Crippen molar-refractivity contribution in [2.24, 2.45) is 5.92 Å². The van der Waals surface area contributed by atoms with Gasteiger partial charge in [0.15, 0.2) is 31.9 Å². The lowest BCUT2D eigenvalue weighted by molar-refractivity contribution is -0.907. The Bertz CT molecular complexity index is 1260. The number of likely N-dealkylation sites (N-methyl/N-ethyl adjacent to an activating group) is 1. The van der Waals surface area contributed by atoms with Crippen LogP contribution in [0.2, 0.25) is 0 Å². The van der Waals surface area contributed by atoms with Crippen molar-refractivity contribution in [1.29, 1.82) is 5.26 Å². The Labute approximate surface area is 244 Å². The average Bonchev–Trinajstić information content (AvgIpc) is 2.93. The summed E-state index contributed by atoms with van der Waals surface area (Å²) in [4.78, 5) is 0. The fraction of sp³-hybridized carbons (Fsp3) is 0.567. The number of benzene rings is 2. The van der Waals surface area contributed by atoms with Crippen LogP contribution >= 0.6 is 10.8 Å². The number of ether oxygens (including phenoxy) is 4. The monoisotopic (exact) mass is 593 g/mol. The van der Waals surface area contributed by atoms with E-state index >= 15 is 0 Å². The second-order valence-corrected chi connectivity index (χ2v) is 15.2. The summed E-state index contributed by atoms with van der Waals surface area (Å²) >= 11 is 0. The molecule has 0 saturated carbocycles. The SMILES string of the molecule is COc1ccc(CC[N+](C)(CCC[C@@](C#N)(c2ccc(OC)c(OC)c2)C(C)C)CCSS(C)(=O)=O)cc1OC. The Balaban J connectivity index is 2.27. The molecule has 222 valence electrons. The van der Waals surface area contributed by atoms with Crippen molar-refractivity contribution >= 4 is 19.7 Å². The lowest BCUT2D eigenvalue weighted by Crippen LogP contribution is -2.48. The molecule has 0 fully saturated rings. The molecule has 10 heteroatoms. The summed E-state index contributed by atoms with van der Waals surface area (Å²) in [7, 11) is 6.47. The molecular formula is C30H45N2O6S2+. The minimum atomic E-state index is -3.13. The highest BCUT2D eigenvalue weighted by Gasteiger charge is 2.37. The summed E-state index contributed by atoms with van der Waals surface area (Å²) in [5.41, 5.74) is 1.33. The van der Waals surface area contributed by atoms with Gasteiger partial charge in [-0.3, -0.25) is 0 Å². The minimum absolute atomic E-state index is 0.0712. The van der Waals surface area contributed by atoms with Gasteiger partial charge in [-0.05, 0) is 64.9 Å². The molecule has 0 amide bonds. The van der Waals surface area contributed by atoms with Gasteiger partial charge in [-0.2, -0.15) is 5.26 Å². The predicted octanol–water partition coefficient (Wildman–Crippen LogP) is 5.30. The van der Waals surface area contributed by atoms with Crippen molar-refractivity contribution in [1.82, 2.24) is 0 Å². The van der Waals surface area contributed by atoms with Crippen LogP contribution in [0.4, 0.5) is 0 Å². The van der Waals surface area contributed by atoms with E-state index in [-0.39, 0.29) is 5.92 Å². The fourth-order valence-corrected chi connectivity index (χ4v) is 7.00. The summed E-state index contributed by atoms with van der Waals surface area (Å²) < 4.78 is 46.1. The second-order valence-electron chi connectivity index (χ2n) is 10.7. The molecule has 0 radical (unpaired) electrons. The third kappa shape index (κ3) is 8.95. The van der Waals surface area contributed by atoms with Crippen LogP contribution in [-0.2, 0) is 20.7 Å². The molecule has 0 aliphatic rings. The number of methoxy groups -OCH3 is 4. The summed E-state index contributed by atoms with van der Waals surface area (Å²) in [6.07, 6.45) is 3.51. The highest BCUT2D eigenvalue weighted by Crippen LogP contribution is 2.40. The van der Waals surface area contributed by atoms with Crippen molar-refractivity contribution in [3.63, 3.8) is 0 Å². The van der Waals surface area contributed by atoms with Crippen LogP contribution in [0.25, 0.3) is 0 Å². The summed E-state index contributed by atoms with van der Waals surface area (Å²) in [6.45, 7) is 6.47. The Morgan fingerprint density at radius 2 is 1.48 bits per heavy atom. The van der Waals surface area contributed by atoms with Crippen molar-refractivity contribution in [3.8, 4) is 29.1 Å². The van der Waals surface area contributed by atoms with E-state index in [0.717, 1.165) is 47.9 Å². The summed E-state index contributed by atoms with van der Waals surface area (Å²) in [5, 5.41) is 10.5. The largest absolute Gasteiger partial charge is 0.493 e. The number of nitriles is 1. The Morgan fingerprint density at radius 3 is 2.00 bits per heavy atom. The van der Waals surface area contributed by atoms with E-state index in [4.69, 9.17) is 18.9 Å². The van der Waals surface area contributed by atoms with Crippen LogP contribution in [-0.4, -0.2) is 80.0 Å². The number of nitrogens with zero attached hydrogens (tertiary/aromatic N) is 2. The smallest absolute Gasteiger partial charge is 0.198 e. The Kier molecular flexibility index (Phi) is 12.5. The molecule has 0 spiro atoms. The number of hydrogen-bond donors (Lipinski definition) is 0. The van der Waals surface area contributed by atoms with Gasteiger partial charge >= 0.3 is 0 Å². The quantitative estimate of drug-likeness (QED) is 0.180. The zero-order valence-corrected chi connectivity index (χ0v) is 26.8. The highest BCUT2D eigenvalue weighted by atomic mass is 33.1. The second kappa shape index (κ2) is 14.9. The lowest BCUT2D eigenvalue weighted by Gasteiger charge is -2.37. The number of quaternary nitrogens is 1. The molecule has 0 aliphatic heterocycles. The predicted molar refractivity (Wildman–Crippen MR) is 162 cm³/mol. The van der Waals surface area contributed by atoms with Crippen molar-refractivity contribution in [3.05, 3.63) is 47.5 Å². The van der Waals surface area contributed by atoms with Crippen molar-refractivity contribution in [2.45, 2.75) is 38.5 Å². The Morgan fingerprint density at radius 1 is 0.900 bits per heavy atom. The molecule has 2 aromatic rings. The van der Waals surface area contributed by atoms with E-state index in [1.807, 2.05) is 36.4 Å². The van der Waals surface area contributed by atoms with E-state index in [2.05, 4.69) is 27.0 Å². The van der Waals surface area contributed by atoms with Crippen LogP contribution in [0, 0.1) is 17.2 Å². The molecule has 0 N–H and O–H groups in total. The third-order valence-electron chi connectivity index (χ3n) is 7.67. The fourth-order valence-electron chi connectivity index (χ4n) is 5.05. The van der Waals surface area contributed by atoms with Gasteiger partial charge in [0.25, 0.3) is 0 Å². The van der Waals surface area contributed by atoms with Crippen LogP contribution < -0.4 is 18.9 Å².